The molecule has 1 heterocycles. The molecule has 0 aliphatic carbocycles. The molecule has 0 bridgehead atoms. The van der Waals surface area contributed by atoms with E-state index in [1.54, 1.807) is 0 Å². The standard InChI is InChI=1S/C10H14BrN/c1-7-9(10(2,3)4)5-8(11)6-12-7/h5-6H,1-4H3. The van der Waals surface area contributed by atoms with Gasteiger partial charge in [0.05, 0.1) is 0 Å². The maximum absolute atomic E-state index is 4.30. The molecule has 1 aromatic heterocycles. The summed E-state index contributed by atoms with van der Waals surface area (Å²) in [5.41, 5.74) is 2.60. The number of nitrogens with zero attached hydrogens (tertiary/aromatic N) is 1. The molecule has 0 amide bonds. The van der Waals surface area contributed by atoms with Crippen LogP contribution >= 0.6 is 15.9 Å². The van der Waals surface area contributed by atoms with Gasteiger partial charge in [0.2, 0.25) is 0 Å². The molecule has 12 heavy (non-hydrogen) atoms. The predicted octanol–water partition coefficient (Wildman–Crippen LogP) is 3.45. The third kappa shape index (κ3) is 2.07. The Balaban J connectivity index is 3.23. The number of hydrogen-bond donors (Lipinski definition) is 0. The smallest absolute Gasteiger partial charge is 0.0413 e. The first-order valence-electron chi connectivity index (χ1n) is 4.04. The Morgan fingerprint density at radius 1 is 1.33 bits per heavy atom. The molecule has 0 N–H and O–H groups in total. The van der Waals surface area contributed by atoms with E-state index in [1.807, 2.05) is 13.1 Å². The van der Waals surface area contributed by atoms with Gasteiger partial charge in [-0.15, -0.1) is 0 Å². The van der Waals surface area contributed by atoms with Crippen molar-refractivity contribution >= 4 is 15.9 Å². The second kappa shape index (κ2) is 3.17. The molecule has 1 rings (SSSR count). The van der Waals surface area contributed by atoms with Gasteiger partial charge >= 0.3 is 0 Å². The van der Waals surface area contributed by atoms with Crippen molar-refractivity contribution in [1.29, 1.82) is 0 Å². The normalized spacial score (nSPS) is 11.8. The summed E-state index contributed by atoms with van der Waals surface area (Å²) < 4.78 is 1.05. The van der Waals surface area contributed by atoms with Gasteiger partial charge in [-0.3, -0.25) is 4.98 Å². The first-order chi connectivity index (χ1) is 5.41. The van der Waals surface area contributed by atoms with E-state index >= 15 is 0 Å². The van der Waals surface area contributed by atoms with Crippen molar-refractivity contribution in [3.8, 4) is 0 Å². The largest absolute Gasteiger partial charge is 0.260 e. The lowest BCUT2D eigenvalue weighted by Gasteiger charge is -2.20. The number of pyridine rings is 1. The minimum Gasteiger partial charge on any atom is -0.260 e. The van der Waals surface area contributed by atoms with Gasteiger partial charge in [0, 0.05) is 16.4 Å². The molecule has 0 saturated heterocycles. The van der Waals surface area contributed by atoms with Crippen molar-refractivity contribution in [2.45, 2.75) is 33.1 Å². The topological polar surface area (TPSA) is 12.9 Å². The summed E-state index contributed by atoms with van der Waals surface area (Å²) in [5.74, 6) is 0. The molecular weight excluding hydrogens is 214 g/mol. The molecule has 0 saturated carbocycles. The molecule has 0 aliphatic rings. The Kier molecular flexibility index (Phi) is 2.57. The highest BCUT2D eigenvalue weighted by Gasteiger charge is 2.16. The summed E-state index contributed by atoms with van der Waals surface area (Å²) in [6, 6.07) is 2.14. The first kappa shape index (κ1) is 9.72. The van der Waals surface area contributed by atoms with Gasteiger partial charge in [0.1, 0.15) is 0 Å². The summed E-state index contributed by atoms with van der Waals surface area (Å²) in [7, 11) is 0. The molecule has 1 nitrogen and oxygen atoms in total. The van der Waals surface area contributed by atoms with Gasteiger partial charge in [-0.05, 0) is 39.9 Å². The van der Waals surface area contributed by atoms with Crippen LogP contribution in [0.15, 0.2) is 16.7 Å². The van der Waals surface area contributed by atoms with E-state index in [0.29, 0.717) is 0 Å². The quantitative estimate of drug-likeness (QED) is 0.662. The molecule has 0 atom stereocenters. The average Bonchev–Trinajstić information content (AvgIpc) is 1.92. The van der Waals surface area contributed by atoms with E-state index in [0.717, 1.165) is 10.2 Å². The zero-order chi connectivity index (χ0) is 9.35. The van der Waals surface area contributed by atoms with E-state index < -0.39 is 0 Å². The van der Waals surface area contributed by atoms with Gasteiger partial charge in [-0.2, -0.15) is 0 Å². The lowest BCUT2D eigenvalue weighted by Crippen LogP contribution is -2.13. The fraction of sp³-hybridized carbons (Fsp3) is 0.500. The number of halogens is 1. The van der Waals surface area contributed by atoms with Crippen LogP contribution in [0.25, 0.3) is 0 Å². The minimum absolute atomic E-state index is 0.181. The lowest BCUT2D eigenvalue weighted by atomic mass is 9.86. The van der Waals surface area contributed by atoms with Crippen molar-refractivity contribution in [2.24, 2.45) is 0 Å². The maximum Gasteiger partial charge on any atom is 0.0413 e. The van der Waals surface area contributed by atoms with Gasteiger partial charge in [-0.25, -0.2) is 0 Å². The highest BCUT2D eigenvalue weighted by atomic mass is 79.9. The zero-order valence-electron chi connectivity index (χ0n) is 7.98. The number of aromatic nitrogens is 1. The Morgan fingerprint density at radius 2 is 1.92 bits per heavy atom. The lowest BCUT2D eigenvalue weighted by molar-refractivity contribution is 0.581. The van der Waals surface area contributed by atoms with Crippen LogP contribution in [0, 0.1) is 6.92 Å². The monoisotopic (exact) mass is 227 g/mol. The van der Waals surface area contributed by atoms with Crippen molar-refractivity contribution in [2.75, 3.05) is 0 Å². The van der Waals surface area contributed by atoms with Crippen LogP contribution in [-0.2, 0) is 5.41 Å². The molecule has 0 unspecified atom stereocenters. The van der Waals surface area contributed by atoms with E-state index in [4.69, 9.17) is 0 Å². The van der Waals surface area contributed by atoms with Crippen LogP contribution in [0.3, 0.4) is 0 Å². The maximum atomic E-state index is 4.30. The highest BCUT2D eigenvalue weighted by Crippen LogP contribution is 2.26. The van der Waals surface area contributed by atoms with E-state index in [1.165, 1.54) is 5.56 Å². The molecule has 66 valence electrons. The molecule has 0 radical (unpaired) electrons. The Morgan fingerprint density at radius 3 is 2.33 bits per heavy atom. The summed E-state index contributed by atoms with van der Waals surface area (Å²) in [6.07, 6.45) is 1.84. The van der Waals surface area contributed by atoms with Crippen molar-refractivity contribution in [1.82, 2.24) is 4.98 Å². The fourth-order valence-electron chi connectivity index (χ4n) is 1.27. The van der Waals surface area contributed by atoms with Crippen molar-refractivity contribution in [3.63, 3.8) is 0 Å². The molecule has 0 fully saturated rings. The summed E-state index contributed by atoms with van der Waals surface area (Å²) in [5, 5.41) is 0. The van der Waals surface area contributed by atoms with Crippen LogP contribution < -0.4 is 0 Å². The third-order valence-corrected chi connectivity index (χ3v) is 2.30. The molecule has 0 aromatic carbocycles. The van der Waals surface area contributed by atoms with Gasteiger partial charge in [0.15, 0.2) is 0 Å². The van der Waals surface area contributed by atoms with Crippen LogP contribution in [0.4, 0.5) is 0 Å². The number of aryl methyl sites for hydroxylation is 1. The summed E-state index contributed by atoms with van der Waals surface area (Å²) in [4.78, 5) is 4.30. The molecule has 0 aliphatic heterocycles. The van der Waals surface area contributed by atoms with E-state index in [2.05, 4.69) is 47.8 Å². The second-order valence-corrected chi connectivity index (χ2v) is 4.95. The first-order valence-corrected chi connectivity index (χ1v) is 4.83. The summed E-state index contributed by atoms with van der Waals surface area (Å²) >= 11 is 3.43. The van der Waals surface area contributed by atoms with Gasteiger partial charge in [-0.1, -0.05) is 20.8 Å². The van der Waals surface area contributed by atoms with Gasteiger partial charge in [0.25, 0.3) is 0 Å². The SMILES string of the molecule is Cc1ncc(Br)cc1C(C)(C)C. The van der Waals surface area contributed by atoms with Crippen LogP contribution in [0.5, 0.6) is 0 Å². The van der Waals surface area contributed by atoms with E-state index in [9.17, 15) is 0 Å². The Labute approximate surface area is 82.3 Å². The minimum atomic E-state index is 0.181. The summed E-state index contributed by atoms with van der Waals surface area (Å²) in [6.45, 7) is 8.64. The second-order valence-electron chi connectivity index (χ2n) is 4.04. The highest BCUT2D eigenvalue weighted by molar-refractivity contribution is 9.10. The number of hydrogen-bond acceptors (Lipinski definition) is 1. The average molecular weight is 228 g/mol. The zero-order valence-corrected chi connectivity index (χ0v) is 9.57. The van der Waals surface area contributed by atoms with E-state index in [-0.39, 0.29) is 5.41 Å². The van der Waals surface area contributed by atoms with Crippen LogP contribution in [-0.4, -0.2) is 4.98 Å². The van der Waals surface area contributed by atoms with Crippen molar-refractivity contribution < 1.29 is 0 Å². The van der Waals surface area contributed by atoms with Crippen molar-refractivity contribution in [3.05, 3.63) is 28.0 Å². The third-order valence-electron chi connectivity index (χ3n) is 1.86. The predicted molar refractivity (Wildman–Crippen MR) is 55.4 cm³/mol. The molecule has 0 spiro atoms. The molecular formula is C10H14BrN. The Bertz CT molecular complexity index is 286. The molecule has 1 aromatic rings. The fourth-order valence-corrected chi connectivity index (χ4v) is 1.60. The molecule has 2 heteroatoms. The van der Waals surface area contributed by atoms with Crippen LogP contribution in [0.2, 0.25) is 0 Å². The Hall–Kier alpha value is -0.370. The van der Waals surface area contributed by atoms with Crippen LogP contribution in [0.1, 0.15) is 32.0 Å². The number of rotatable bonds is 0. The van der Waals surface area contributed by atoms with Gasteiger partial charge < -0.3 is 0 Å².